The van der Waals surface area contributed by atoms with E-state index in [2.05, 4.69) is 10.6 Å². The lowest BCUT2D eigenvalue weighted by Gasteiger charge is -2.35. The summed E-state index contributed by atoms with van der Waals surface area (Å²) in [6.07, 6.45) is -0.124. The maximum Gasteiger partial charge on any atom is 0.258 e. The van der Waals surface area contributed by atoms with E-state index in [-0.39, 0.29) is 24.1 Å². The van der Waals surface area contributed by atoms with Gasteiger partial charge in [0, 0.05) is 18.8 Å². The SMILES string of the molecule is COc1ccccc1C(=O)N1CCNC(=O)[C@@H]1CC(=O)Nc1cccc(C)c1. The Hall–Kier alpha value is -3.35. The van der Waals surface area contributed by atoms with E-state index < -0.39 is 6.04 Å². The number of nitrogens with one attached hydrogen (secondary N) is 2. The van der Waals surface area contributed by atoms with Crippen LogP contribution in [0.2, 0.25) is 0 Å². The van der Waals surface area contributed by atoms with Crippen LogP contribution in [-0.2, 0) is 9.59 Å². The largest absolute Gasteiger partial charge is 0.496 e. The Labute approximate surface area is 163 Å². The first-order valence-electron chi connectivity index (χ1n) is 9.08. The molecule has 0 bridgehead atoms. The fraction of sp³-hybridized carbons (Fsp3) is 0.286. The maximum atomic E-state index is 13.1. The van der Waals surface area contributed by atoms with Gasteiger partial charge in [-0.15, -0.1) is 0 Å². The zero-order valence-corrected chi connectivity index (χ0v) is 15.9. The summed E-state index contributed by atoms with van der Waals surface area (Å²) in [4.78, 5) is 39.4. The Morgan fingerprint density at radius 2 is 2.00 bits per heavy atom. The Morgan fingerprint density at radius 3 is 2.75 bits per heavy atom. The van der Waals surface area contributed by atoms with Crippen LogP contribution < -0.4 is 15.4 Å². The number of benzene rings is 2. The standard InChI is InChI=1S/C21H23N3O4/c1-14-6-5-7-15(12-14)23-19(25)13-17-20(26)22-10-11-24(17)21(27)16-8-3-4-9-18(16)28-2/h3-9,12,17H,10-11,13H2,1-2H3,(H,22,26)(H,23,25)/t17-/m0/s1. The van der Waals surface area contributed by atoms with E-state index in [9.17, 15) is 14.4 Å². The number of ether oxygens (including phenoxy) is 1. The van der Waals surface area contributed by atoms with Gasteiger partial charge in [0.15, 0.2) is 0 Å². The predicted octanol–water partition coefficient (Wildman–Crippen LogP) is 1.97. The molecule has 2 aromatic carbocycles. The first-order valence-corrected chi connectivity index (χ1v) is 9.08. The molecule has 0 saturated carbocycles. The fourth-order valence-electron chi connectivity index (χ4n) is 3.25. The average Bonchev–Trinajstić information content (AvgIpc) is 2.69. The zero-order valence-electron chi connectivity index (χ0n) is 15.9. The minimum absolute atomic E-state index is 0.124. The third kappa shape index (κ3) is 4.31. The van der Waals surface area contributed by atoms with Crippen molar-refractivity contribution in [3.63, 3.8) is 0 Å². The highest BCUT2D eigenvalue weighted by atomic mass is 16.5. The molecule has 0 radical (unpaired) electrons. The summed E-state index contributed by atoms with van der Waals surface area (Å²) in [5, 5.41) is 5.52. The molecule has 1 fully saturated rings. The van der Waals surface area contributed by atoms with Gasteiger partial charge in [0.25, 0.3) is 5.91 Å². The van der Waals surface area contributed by atoms with E-state index in [1.807, 2.05) is 25.1 Å². The van der Waals surface area contributed by atoms with Crippen LogP contribution in [0.3, 0.4) is 0 Å². The summed E-state index contributed by atoms with van der Waals surface area (Å²) in [7, 11) is 1.49. The van der Waals surface area contributed by atoms with Crippen molar-refractivity contribution < 1.29 is 19.1 Å². The molecule has 28 heavy (non-hydrogen) atoms. The Kier molecular flexibility index (Phi) is 5.93. The van der Waals surface area contributed by atoms with Crippen LogP contribution in [0, 0.1) is 6.92 Å². The lowest BCUT2D eigenvalue weighted by molar-refractivity contribution is -0.131. The smallest absolute Gasteiger partial charge is 0.258 e. The summed E-state index contributed by atoms with van der Waals surface area (Å²) in [5.41, 5.74) is 2.04. The Morgan fingerprint density at radius 1 is 1.21 bits per heavy atom. The highest BCUT2D eigenvalue weighted by Gasteiger charge is 2.35. The van der Waals surface area contributed by atoms with Gasteiger partial charge in [0.1, 0.15) is 11.8 Å². The fourth-order valence-corrected chi connectivity index (χ4v) is 3.25. The molecule has 0 spiro atoms. The molecule has 7 heteroatoms. The number of hydrogen-bond acceptors (Lipinski definition) is 4. The monoisotopic (exact) mass is 381 g/mol. The van der Waals surface area contributed by atoms with Gasteiger partial charge in [-0.1, -0.05) is 24.3 Å². The van der Waals surface area contributed by atoms with E-state index >= 15 is 0 Å². The molecule has 7 nitrogen and oxygen atoms in total. The number of carbonyl (C=O) groups is 3. The number of anilines is 1. The number of nitrogens with zero attached hydrogens (tertiary/aromatic N) is 1. The summed E-state index contributed by atoms with van der Waals surface area (Å²) in [6.45, 7) is 2.60. The van der Waals surface area contributed by atoms with Crippen molar-refractivity contribution in [1.29, 1.82) is 0 Å². The van der Waals surface area contributed by atoms with Crippen molar-refractivity contribution in [1.82, 2.24) is 10.2 Å². The number of carbonyl (C=O) groups excluding carboxylic acids is 3. The van der Waals surface area contributed by atoms with Crippen molar-refractivity contribution in [2.75, 3.05) is 25.5 Å². The number of amides is 3. The quantitative estimate of drug-likeness (QED) is 0.829. The Bertz CT molecular complexity index is 897. The minimum atomic E-state index is -0.879. The van der Waals surface area contributed by atoms with Crippen molar-refractivity contribution in [2.45, 2.75) is 19.4 Å². The molecule has 0 aliphatic carbocycles. The van der Waals surface area contributed by atoms with Crippen molar-refractivity contribution >= 4 is 23.4 Å². The van der Waals surface area contributed by atoms with Crippen LogP contribution >= 0.6 is 0 Å². The van der Waals surface area contributed by atoms with Gasteiger partial charge in [-0.25, -0.2) is 0 Å². The highest BCUT2D eigenvalue weighted by Crippen LogP contribution is 2.22. The second kappa shape index (κ2) is 8.56. The predicted molar refractivity (Wildman–Crippen MR) is 105 cm³/mol. The lowest BCUT2D eigenvalue weighted by atomic mass is 10.1. The van der Waals surface area contributed by atoms with Crippen LogP contribution in [0.25, 0.3) is 0 Å². The Balaban J connectivity index is 1.77. The van der Waals surface area contributed by atoms with Crippen LogP contribution in [0.4, 0.5) is 5.69 Å². The van der Waals surface area contributed by atoms with Gasteiger partial charge >= 0.3 is 0 Å². The van der Waals surface area contributed by atoms with Gasteiger partial charge in [0.05, 0.1) is 19.1 Å². The van der Waals surface area contributed by atoms with Gasteiger partial charge < -0.3 is 20.3 Å². The molecule has 0 unspecified atom stereocenters. The number of piperazine rings is 1. The maximum absolute atomic E-state index is 13.1. The molecular formula is C21H23N3O4. The molecule has 1 atom stereocenters. The number of para-hydroxylation sites is 1. The average molecular weight is 381 g/mol. The molecule has 1 saturated heterocycles. The zero-order chi connectivity index (χ0) is 20.1. The van der Waals surface area contributed by atoms with E-state index in [4.69, 9.17) is 4.74 Å². The molecule has 1 aliphatic rings. The number of hydrogen-bond donors (Lipinski definition) is 2. The number of rotatable bonds is 5. The first kappa shape index (κ1) is 19.4. The summed E-state index contributed by atoms with van der Waals surface area (Å²) < 4.78 is 5.26. The summed E-state index contributed by atoms with van der Waals surface area (Å²) in [5.74, 6) is -0.568. The molecular weight excluding hydrogens is 358 g/mol. The van der Waals surface area contributed by atoms with Crippen molar-refractivity contribution in [3.05, 3.63) is 59.7 Å². The van der Waals surface area contributed by atoms with Gasteiger partial charge in [-0.05, 0) is 36.8 Å². The second-order valence-electron chi connectivity index (χ2n) is 6.63. The molecule has 1 heterocycles. The molecule has 1 aliphatic heterocycles. The second-order valence-corrected chi connectivity index (χ2v) is 6.63. The lowest BCUT2D eigenvalue weighted by Crippen LogP contribution is -2.58. The topological polar surface area (TPSA) is 87.7 Å². The minimum Gasteiger partial charge on any atom is -0.496 e. The van der Waals surface area contributed by atoms with E-state index in [0.717, 1.165) is 5.56 Å². The molecule has 0 aromatic heterocycles. The van der Waals surface area contributed by atoms with Crippen LogP contribution in [0.5, 0.6) is 5.75 Å². The summed E-state index contributed by atoms with van der Waals surface area (Å²) >= 11 is 0. The first-order chi connectivity index (χ1) is 13.5. The normalized spacial score (nSPS) is 16.3. The van der Waals surface area contributed by atoms with E-state index in [1.165, 1.54) is 12.0 Å². The molecule has 3 rings (SSSR count). The van der Waals surface area contributed by atoms with Crippen LogP contribution in [0.15, 0.2) is 48.5 Å². The number of aryl methyl sites for hydroxylation is 1. The molecule has 3 amide bonds. The van der Waals surface area contributed by atoms with Crippen molar-refractivity contribution in [3.8, 4) is 5.75 Å². The summed E-state index contributed by atoms with van der Waals surface area (Å²) in [6, 6.07) is 13.4. The number of methoxy groups -OCH3 is 1. The molecule has 2 aromatic rings. The van der Waals surface area contributed by atoms with E-state index in [0.29, 0.717) is 30.1 Å². The van der Waals surface area contributed by atoms with Crippen LogP contribution in [-0.4, -0.2) is 48.9 Å². The van der Waals surface area contributed by atoms with E-state index in [1.54, 1.807) is 30.3 Å². The third-order valence-corrected chi connectivity index (χ3v) is 4.61. The van der Waals surface area contributed by atoms with Gasteiger partial charge in [-0.2, -0.15) is 0 Å². The highest BCUT2D eigenvalue weighted by molar-refractivity contribution is 6.02. The van der Waals surface area contributed by atoms with Gasteiger partial charge in [-0.3, -0.25) is 14.4 Å². The van der Waals surface area contributed by atoms with Crippen LogP contribution in [0.1, 0.15) is 22.3 Å². The third-order valence-electron chi connectivity index (χ3n) is 4.61. The molecule has 2 N–H and O–H groups in total. The van der Waals surface area contributed by atoms with Crippen molar-refractivity contribution in [2.24, 2.45) is 0 Å². The van der Waals surface area contributed by atoms with Gasteiger partial charge in [0.2, 0.25) is 11.8 Å². The molecule has 146 valence electrons.